The van der Waals surface area contributed by atoms with E-state index < -0.39 is 0 Å². The summed E-state index contributed by atoms with van der Waals surface area (Å²) in [6.07, 6.45) is 0. The number of benzene rings is 1. The van der Waals surface area contributed by atoms with Gasteiger partial charge in [0.2, 0.25) is 5.95 Å². The number of anilines is 2. The monoisotopic (exact) mass is 274 g/mol. The molecule has 2 aromatic rings. The summed E-state index contributed by atoms with van der Waals surface area (Å²) in [5.74, 6) is 0.952. The van der Waals surface area contributed by atoms with Crippen molar-refractivity contribution >= 4 is 23.2 Å². The van der Waals surface area contributed by atoms with Crippen LogP contribution in [0.1, 0.15) is 11.4 Å². The Morgan fingerprint density at radius 2 is 2.11 bits per heavy atom. The maximum absolute atomic E-state index is 8.86. The molecule has 0 aliphatic rings. The Kier molecular flexibility index (Phi) is 3.83. The van der Waals surface area contributed by atoms with Crippen LogP contribution in [0.3, 0.4) is 0 Å². The van der Waals surface area contributed by atoms with Gasteiger partial charge in [-0.2, -0.15) is 5.26 Å². The van der Waals surface area contributed by atoms with E-state index >= 15 is 0 Å². The lowest BCUT2D eigenvalue weighted by molar-refractivity contribution is 0.415. The Hall–Kier alpha value is -2.32. The van der Waals surface area contributed by atoms with Gasteiger partial charge in [-0.3, -0.25) is 0 Å². The zero-order chi connectivity index (χ0) is 13.8. The number of aromatic nitrogens is 2. The van der Waals surface area contributed by atoms with E-state index in [1.54, 1.807) is 38.3 Å². The van der Waals surface area contributed by atoms with Gasteiger partial charge in [0.25, 0.3) is 0 Å². The molecule has 0 unspecified atom stereocenters. The van der Waals surface area contributed by atoms with E-state index in [0.717, 1.165) is 5.69 Å². The summed E-state index contributed by atoms with van der Waals surface area (Å²) in [7, 11) is 1.55. The highest BCUT2D eigenvalue weighted by Gasteiger charge is 2.05. The molecule has 0 spiro atoms. The lowest BCUT2D eigenvalue weighted by Crippen LogP contribution is -2.00. The first-order valence-corrected chi connectivity index (χ1v) is 5.86. The lowest BCUT2D eigenvalue weighted by Gasteiger charge is -2.08. The summed E-state index contributed by atoms with van der Waals surface area (Å²) < 4.78 is 5.07. The van der Waals surface area contributed by atoms with Gasteiger partial charge in [0.05, 0.1) is 12.1 Å². The van der Waals surface area contributed by atoms with Crippen LogP contribution in [-0.2, 0) is 0 Å². The van der Waals surface area contributed by atoms with E-state index in [0.29, 0.717) is 28.1 Å². The highest BCUT2D eigenvalue weighted by molar-refractivity contribution is 6.32. The number of nitriles is 1. The van der Waals surface area contributed by atoms with Crippen LogP contribution < -0.4 is 10.1 Å². The highest BCUT2D eigenvalue weighted by Crippen LogP contribution is 2.28. The molecule has 1 N–H and O–H groups in total. The second-order valence-corrected chi connectivity index (χ2v) is 4.21. The van der Waals surface area contributed by atoms with Gasteiger partial charge in [0.15, 0.2) is 0 Å². The van der Waals surface area contributed by atoms with Crippen molar-refractivity contribution in [2.75, 3.05) is 12.4 Å². The van der Waals surface area contributed by atoms with Crippen LogP contribution in [0.15, 0.2) is 24.3 Å². The third-order valence-corrected chi connectivity index (χ3v) is 2.67. The second-order valence-electron chi connectivity index (χ2n) is 3.80. The number of rotatable bonds is 3. The van der Waals surface area contributed by atoms with Crippen LogP contribution in [0.25, 0.3) is 0 Å². The summed E-state index contributed by atoms with van der Waals surface area (Å²) >= 11 is 6.03. The Morgan fingerprint density at radius 3 is 2.74 bits per heavy atom. The number of ether oxygens (including phenoxy) is 1. The normalized spacial score (nSPS) is 9.79. The summed E-state index contributed by atoms with van der Waals surface area (Å²) in [5, 5.41) is 12.3. The molecule has 1 aromatic carbocycles. The summed E-state index contributed by atoms with van der Waals surface area (Å²) in [5.41, 5.74) is 1.75. The van der Waals surface area contributed by atoms with Gasteiger partial charge in [0, 0.05) is 11.4 Å². The van der Waals surface area contributed by atoms with E-state index in [-0.39, 0.29) is 0 Å². The molecule has 1 heterocycles. The van der Waals surface area contributed by atoms with E-state index in [1.165, 1.54) is 0 Å². The van der Waals surface area contributed by atoms with Gasteiger partial charge in [0.1, 0.15) is 17.5 Å². The number of nitrogens with zero attached hydrogens (tertiary/aromatic N) is 3. The summed E-state index contributed by atoms with van der Waals surface area (Å²) in [6.45, 7) is 1.80. The fraction of sp³-hybridized carbons (Fsp3) is 0.154. The molecule has 0 saturated heterocycles. The smallest absolute Gasteiger partial charge is 0.228 e. The number of nitrogens with one attached hydrogen (secondary N) is 1. The van der Waals surface area contributed by atoms with Crippen molar-refractivity contribution in [3.63, 3.8) is 0 Å². The average Bonchev–Trinajstić information content (AvgIpc) is 2.38. The molecule has 5 nitrogen and oxygen atoms in total. The first-order valence-electron chi connectivity index (χ1n) is 5.48. The van der Waals surface area contributed by atoms with Gasteiger partial charge in [-0.05, 0) is 31.2 Å². The Bertz CT molecular complexity index is 652. The largest absolute Gasteiger partial charge is 0.495 e. The minimum atomic E-state index is 0.314. The molecule has 0 aliphatic carbocycles. The van der Waals surface area contributed by atoms with Crippen molar-refractivity contribution in [1.29, 1.82) is 5.26 Å². The van der Waals surface area contributed by atoms with Crippen molar-refractivity contribution in [1.82, 2.24) is 9.97 Å². The molecule has 0 saturated carbocycles. The van der Waals surface area contributed by atoms with Crippen LogP contribution in [0, 0.1) is 18.3 Å². The van der Waals surface area contributed by atoms with E-state index in [1.807, 2.05) is 6.07 Å². The van der Waals surface area contributed by atoms with Crippen molar-refractivity contribution in [3.8, 4) is 11.8 Å². The number of methoxy groups -OCH3 is 1. The molecule has 0 fully saturated rings. The Balaban J connectivity index is 2.29. The number of hydrogen-bond donors (Lipinski definition) is 1. The average molecular weight is 275 g/mol. The van der Waals surface area contributed by atoms with E-state index in [9.17, 15) is 0 Å². The Morgan fingerprint density at radius 1 is 1.32 bits per heavy atom. The molecule has 0 bridgehead atoms. The van der Waals surface area contributed by atoms with Crippen LogP contribution in [-0.4, -0.2) is 17.1 Å². The standard InChI is InChI=1S/C13H11ClN4O/c1-8-5-10(7-15)18-13(16-8)17-9-3-4-12(19-2)11(14)6-9/h3-6H,1-2H3,(H,16,17,18). The number of halogens is 1. The first kappa shape index (κ1) is 13.1. The van der Waals surface area contributed by atoms with Gasteiger partial charge in [-0.1, -0.05) is 11.6 Å². The van der Waals surface area contributed by atoms with Crippen molar-refractivity contribution in [3.05, 3.63) is 40.7 Å². The number of aryl methyl sites for hydroxylation is 1. The molecule has 0 radical (unpaired) electrons. The minimum Gasteiger partial charge on any atom is -0.495 e. The topological polar surface area (TPSA) is 70.8 Å². The second kappa shape index (κ2) is 5.55. The quantitative estimate of drug-likeness (QED) is 0.931. The Labute approximate surface area is 115 Å². The summed E-state index contributed by atoms with van der Waals surface area (Å²) in [4.78, 5) is 8.26. The van der Waals surface area contributed by atoms with Crippen molar-refractivity contribution in [2.45, 2.75) is 6.92 Å². The van der Waals surface area contributed by atoms with Crippen LogP contribution >= 0.6 is 11.6 Å². The maximum atomic E-state index is 8.86. The van der Waals surface area contributed by atoms with Gasteiger partial charge in [-0.15, -0.1) is 0 Å². The predicted octanol–water partition coefficient (Wildman–Crippen LogP) is 3.06. The third-order valence-electron chi connectivity index (χ3n) is 2.38. The zero-order valence-electron chi connectivity index (χ0n) is 10.4. The molecule has 96 valence electrons. The fourth-order valence-electron chi connectivity index (χ4n) is 1.55. The predicted molar refractivity (Wildman–Crippen MR) is 72.8 cm³/mol. The fourth-order valence-corrected chi connectivity index (χ4v) is 1.81. The molecule has 0 atom stereocenters. The summed E-state index contributed by atoms with van der Waals surface area (Å²) in [6, 6.07) is 8.85. The first-order chi connectivity index (χ1) is 9.12. The molecular weight excluding hydrogens is 264 g/mol. The molecular formula is C13H11ClN4O. The third kappa shape index (κ3) is 3.12. The maximum Gasteiger partial charge on any atom is 0.228 e. The molecule has 0 aliphatic heterocycles. The van der Waals surface area contributed by atoms with Crippen LogP contribution in [0.4, 0.5) is 11.6 Å². The van der Waals surface area contributed by atoms with Crippen molar-refractivity contribution < 1.29 is 4.74 Å². The minimum absolute atomic E-state index is 0.314. The molecule has 2 rings (SSSR count). The van der Waals surface area contributed by atoms with Gasteiger partial charge in [-0.25, -0.2) is 9.97 Å². The van der Waals surface area contributed by atoms with E-state index in [2.05, 4.69) is 15.3 Å². The molecule has 6 heteroatoms. The van der Waals surface area contributed by atoms with Gasteiger partial charge < -0.3 is 10.1 Å². The molecule has 1 aromatic heterocycles. The number of hydrogen-bond acceptors (Lipinski definition) is 5. The van der Waals surface area contributed by atoms with Gasteiger partial charge >= 0.3 is 0 Å². The SMILES string of the molecule is COc1ccc(Nc2nc(C)cc(C#N)n2)cc1Cl. The van der Waals surface area contributed by atoms with Crippen LogP contribution in [0.2, 0.25) is 5.02 Å². The highest BCUT2D eigenvalue weighted by atomic mass is 35.5. The lowest BCUT2D eigenvalue weighted by atomic mass is 10.3. The van der Waals surface area contributed by atoms with Crippen molar-refractivity contribution in [2.24, 2.45) is 0 Å². The molecule has 19 heavy (non-hydrogen) atoms. The zero-order valence-corrected chi connectivity index (χ0v) is 11.2. The molecule has 0 amide bonds. The van der Waals surface area contributed by atoms with E-state index in [4.69, 9.17) is 21.6 Å². The van der Waals surface area contributed by atoms with Crippen LogP contribution in [0.5, 0.6) is 5.75 Å².